The Morgan fingerprint density at radius 3 is 2.47 bits per heavy atom. The third-order valence-electron chi connectivity index (χ3n) is 5.90. The minimum Gasteiger partial charge on any atom is -0.481 e. The second-order valence-corrected chi connectivity index (χ2v) is 9.10. The number of fused-ring (bicyclic) bond motifs is 1. The summed E-state index contributed by atoms with van der Waals surface area (Å²) in [4.78, 5) is 4.82. The monoisotopic (exact) mass is 522 g/mol. The van der Waals surface area contributed by atoms with Crippen LogP contribution in [0, 0.1) is 5.82 Å². The van der Waals surface area contributed by atoms with Crippen molar-refractivity contribution in [1.82, 2.24) is 10.3 Å². The molecule has 6 heteroatoms. The SMILES string of the molecule is CNCOC(CCc1ccc(F)cc1)C(c1ccccc1)c1cc2cc(Br)ccc2nc1OC. The smallest absolute Gasteiger partial charge is 0.217 e. The van der Waals surface area contributed by atoms with Crippen LogP contribution < -0.4 is 10.1 Å². The lowest BCUT2D eigenvalue weighted by atomic mass is 9.84. The number of ether oxygens (including phenoxy) is 2. The Balaban J connectivity index is 1.79. The minimum atomic E-state index is -0.230. The van der Waals surface area contributed by atoms with Crippen LogP contribution in [0.25, 0.3) is 10.9 Å². The third-order valence-corrected chi connectivity index (χ3v) is 6.39. The maximum atomic E-state index is 13.4. The molecule has 0 saturated heterocycles. The van der Waals surface area contributed by atoms with Gasteiger partial charge < -0.3 is 9.47 Å². The number of aromatic nitrogens is 1. The molecule has 4 aromatic rings. The van der Waals surface area contributed by atoms with Crippen LogP contribution in [0.15, 0.2) is 83.3 Å². The predicted molar refractivity (Wildman–Crippen MR) is 138 cm³/mol. The number of pyridine rings is 1. The zero-order valence-electron chi connectivity index (χ0n) is 19.3. The Morgan fingerprint density at radius 2 is 1.76 bits per heavy atom. The Hall–Kier alpha value is -2.80. The third kappa shape index (κ3) is 5.81. The van der Waals surface area contributed by atoms with Gasteiger partial charge in [-0.15, -0.1) is 0 Å². The lowest BCUT2D eigenvalue weighted by Crippen LogP contribution is -2.28. The van der Waals surface area contributed by atoms with Crippen molar-refractivity contribution >= 4 is 26.8 Å². The maximum absolute atomic E-state index is 13.4. The van der Waals surface area contributed by atoms with Crippen molar-refractivity contribution < 1.29 is 13.9 Å². The molecule has 0 spiro atoms. The number of hydrogen-bond acceptors (Lipinski definition) is 4. The van der Waals surface area contributed by atoms with E-state index in [1.54, 1.807) is 7.11 Å². The largest absolute Gasteiger partial charge is 0.481 e. The van der Waals surface area contributed by atoms with E-state index in [0.717, 1.165) is 44.9 Å². The van der Waals surface area contributed by atoms with Crippen LogP contribution in [0.1, 0.15) is 29.0 Å². The van der Waals surface area contributed by atoms with Gasteiger partial charge in [-0.05, 0) is 67.4 Å². The first-order valence-corrected chi connectivity index (χ1v) is 12.1. The lowest BCUT2D eigenvalue weighted by molar-refractivity contribution is 0.0277. The van der Waals surface area contributed by atoms with Crippen molar-refractivity contribution in [3.8, 4) is 5.88 Å². The molecule has 0 saturated carbocycles. The zero-order chi connectivity index (χ0) is 23.9. The molecule has 0 radical (unpaired) electrons. The van der Waals surface area contributed by atoms with Gasteiger partial charge in [0, 0.05) is 21.3 Å². The first-order chi connectivity index (χ1) is 16.6. The summed E-state index contributed by atoms with van der Waals surface area (Å²) in [5.41, 5.74) is 4.03. The summed E-state index contributed by atoms with van der Waals surface area (Å²) in [7, 11) is 3.52. The van der Waals surface area contributed by atoms with Gasteiger partial charge in [-0.25, -0.2) is 9.37 Å². The molecule has 0 amide bonds. The number of nitrogens with one attached hydrogen (secondary N) is 1. The van der Waals surface area contributed by atoms with Crippen LogP contribution >= 0.6 is 15.9 Å². The van der Waals surface area contributed by atoms with Crippen LogP contribution in [0.4, 0.5) is 4.39 Å². The van der Waals surface area contributed by atoms with Gasteiger partial charge in [-0.3, -0.25) is 5.32 Å². The molecule has 2 atom stereocenters. The van der Waals surface area contributed by atoms with E-state index in [1.165, 1.54) is 12.1 Å². The molecule has 176 valence electrons. The molecule has 4 rings (SSSR count). The highest BCUT2D eigenvalue weighted by Crippen LogP contribution is 2.38. The summed E-state index contributed by atoms with van der Waals surface area (Å²) >= 11 is 3.57. The zero-order valence-corrected chi connectivity index (χ0v) is 20.9. The molecule has 0 aliphatic carbocycles. The highest BCUT2D eigenvalue weighted by molar-refractivity contribution is 9.10. The van der Waals surface area contributed by atoms with Crippen LogP contribution in [0.2, 0.25) is 0 Å². The molecular weight excluding hydrogens is 495 g/mol. The molecule has 3 aromatic carbocycles. The van der Waals surface area contributed by atoms with E-state index >= 15 is 0 Å². The van der Waals surface area contributed by atoms with Gasteiger partial charge in [-0.2, -0.15) is 0 Å². The number of aryl methyl sites for hydroxylation is 1. The number of hydrogen-bond donors (Lipinski definition) is 1. The minimum absolute atomic E-state index is 0.110. The number of halogens is 2. The summed E-state index contributed by atoms with van der Waals surface area (Å²) in [6.07, 6.45) is 1.33. The van der Waals surface area contributed by atoms with Crippen molar-refractivity contribution in [1.29, 1.82) is 0 Å². The van der Waals surface area contributed by atoms with Gasteiger partial charge in [0.2, 0.25) is 5.88 Å². The average molecular weight is 523 g/mol. The van der Waals surface area contributed by atoms with Gasteiger partial charge in [0.25, 0.3) is 0 Å². The van der Waals surface area contributed by atoms with Crippen molar-refractivity contribution in [3.63, 3.8) is 0 Å². The molecule has 1 aromatic heterocycles. The van der Waals surface area contributed by atoms with Gasteiger partial charge in [0.15, 0.2) is 0 Å². The van der Waals surface area contributed by atoms with Gasteiger partial charge in [0.1, 0.15) is 5.82 Å². The van der Waals surface area contributed by atoms with Gasteiger partial charge in [0.05, 0.1) is 25.5 Å². The summed E-state index contributed by atoms with van der Waals surface area (Å²) in [5, 5.41) is 4.13. The van der Waals surface area contributed by atoms with E-state index in [0.29, 0.717) is 12.6 Å². The fourth-order valence-electron chi connectivity index (χ4n) is 4.28. The molecule has 0 bridgehead atoms. The molecule has 4 nitrogen and oxygen atoms in total. The number of methoxy groups -OCH3 is 1. The molecule has 0 aliphatic heterocycles. The molecule has 1 N–H and O–H groups in total. The maximum Gasteiger partial charge on any atom is 0.217 e. The quantitative estimate of drug-likeness (QED) is 0.242. The van der Waals surface area contributed by atoms with Crippen molar-refractivity contribution in [2.24, 2.45) is 0 Å². The van der Waals surface area contributed by atoms with Crippen LogP contribution in [-0.2, 0) is 11.2 Å². The molecule has 1 heterocycles. The van der Waals surface area contributed by atoms with E-state index in [-0.39, 0.29) is 17.8 Å². The Bertz CT molecular complexity index is 1220. The molecule has 0 fully saturated rings. The van der Waals surface area contributed by atoms with Gasteiger partial charge >= 0.3 is 0 Å². The highest BCUT2D eigenvalue weighted by Gasteiger charge is 2.29. The van der Waals surface area contributed by atoms with Gasteiger partial charge in [-0.1, -0.05) is 58.4 Å². The van der Waals surface area contributed by atoms with E-state index in [2.05, 4.69) is 45.5 Å². The average Bonchev–Trinajstić information content (AvgIpc) is 2.86. The topological polar surface area (TPSA) is 43.4 Å². The van der Waals surface area contributed by atoms with E-state index in [4.69, 9.17) is 14.5 Å². The Kier molecular flexibility index (Phi) is 8.27. The standard InChI is InChI=1S/C28H28BrFN2O2/c1-31-18-34-26(15-10-19-8-12-23(30)13-9-19)27(20-6-4-3-5-7-20)24-17-21-16-22(29)11-14-25(21)32-28(24)33-2/h3-9,11-14,16-17,26-27,31H,10,15,18H2,1-2H3. The van der Waals surface area contributed by atoms with Crippen LogP contribution in [0.3, 0.4) is 0 Å². The van der Waals surface area contributed by atoms with Crippen molar-refractivity contribution in [2.45, 2.75) is 24.9 Å². The first kappa shape index (κ1) is 24.3. The molecule has 0 aliphatic rings. The number of benzene rings is 3. The normalized spacial score (nSPS) is 13.1. The Labute approximate surface area is 208 Å². The second-order valence-electron chi connectivity index (χ2n) is 8.18. The summed E-state index contributed by atoms with van der Waals surface area (Å²) in [6.45, 7) is 0.409. The summed E-state index contributed by atoms with van der Waals surface area (Å²) in [6, 6.07) is 25.1. The summed E-state index contributed by atoms with van der Waals surface area (Å²) < 4.78 is 26.5. The van der Waals surface area contributed by atoms with E-state index in [1.807, 2.05) is 49.5 Å². The van der Waals surface area contributed by atoms with Crippen molar-refractivity contribution in [2.75, 3.05) is 20.9 Å². The van der Waals surface area contributed by atoms with Crippen LogP contribution in [-0.4, -0.2) is 32.0 Å². The first-order valence-electron chi connectivity index (χ1n) is 11.3. The summed E-state index contributed by atoms with van der Waals surface area (Å²) in [5.74, 6) is 0.247. The fraction of sp³-hybridized carbons (Fsp3) is 0.250. The highest BCUT2D eigenvalue weighted by atomic mass is 79.9. The fourth-order valence-corrected chi connectivity index (χ4v) is 4.66. The number of rotatable bonds is 10. The second kappa shape index (κ2) is 11.6. The predicted octanol–water partition coefficient (Wildman–Crippen LogP) is 6.47. The lowest BCUT2D eigenvalue weighted by Gasteiger charge is -2.29. The molecular formula is C28H28BrFN2O2. The number of nitrogens with zero attached hydrogens (tertiary/aromatic N) is 1. The van der Waals surface area contributed by atoms with Crippen LogP contribution in [0.5, 0.6) is 5.88 Å². The van der Waals surface area contributed by atoms with E-state index < -0.39 is 0 Å². The molecule has 2 unspecified atom stereocenters. The van der Waals surface area contributed by atoms with E-state index in [9.17, 15) is 4.39 Å². The van der Waals surface area contributed by atoms with Crippen molar-refractivity contribution in [3.05, 3.63) is 106 Å². The Morgan fingerprint density at radius 1 is 1.00 bits per heavy atom. The molecule has 34 heavy (non-hydrogen) atoms.